The highest BCUT2D eigenvalue weighted by molar-refractivity contribution is 5.82. The van der Waals surface area contributed by atoms with Gasteiger partial charge in [0.2, 0.25) is 0 Å². The Labute approximate surface area is 94.7 Å². The van der Waals surface area contributed by atoms with Crippen LogP contribution in [0.15, 0.2) is 35.1 Å². The number of hydrogen-bond acceptors (Lipinski definition) is 2. The fourth-order valence-electron chi connectivity index (χ4n) is 1.98. The van der Waals surface area contributed by atoms with Gasteiger partial charge in [-0.2, -0.15) is 0 Å². The molecule has 0 radical (unpaired) electrons. The lowest BCUT2D eigenvalue weighted by molar-refractivity contribution is 0.602. The van der Waals surface area contributed by atoms with E-state index in [9.17, 15) is 4.79 Å². The van der Waals surface area contributed by atoms with Gasteiger partial charge in [-0.15, -0.1) is 0 Å². The van der Waals surface area contributed by atoms with Gasteiger partial charge in [-0.25, -0.2) is 0 Å². The van der Waals surface area contributed by atoms with Crippen LogP contribution in [0.1, 0.15) is 19.9 Å². The van der Waals surface area contributed by atoms with Crippen molar-refractivity contribution in [3.63, 3.8) is 0 Å². The molecular weight excluding hydrogens is 200 g/mol. The van der Waals surface area contributed by atoms with Crippen LogP contribution in [0, 0.1) is 0 Å². The molecule has 0 unspecified atom stereocenters. The lowest BCUT2D eigenvalue weighted by Gasteiger charge is -2.15. The van der Waals surface area contributed by atoms with Crippen molar-refractivity contribution in [1.29, 1.82) is 0 Å². The summed E-state index contributed by atoms with van der Waals surface area (Å²) in [6.07, 6.45) is 0. The van der Waals surface area contributed by atoms with Crippen LogP contribution in [-0.4, -0.2) is 11.6 Å². The van der Waals surface area contributed by atoms with E-state index >= 15 is 0 Å². The van der Waals surface area contributed by atoms with Gasteiger partial charge in [0, 0.05) is 18.5 Å². The molecule has 0 saturated carbocycles. The maximum absolute atomic E-state index is 12.2. The third-order valence-corrected chi connectivity index (χ3v) is 2.73. The lowest BCUT2D eigenvalue weighted by Crippen LogP contribution is -2.24. The van der Waals surface area contributed by atoms with Crippen molar-refractivity contribution < 1.29 is 0 Å². The number of aromatic nitrogens is 1. The predicted octanol–water partition coefficient (Wildman–Crippen LogP) is 2.62. The van der Waals surface area contributed by atoms with E-state index in [2.05, 4.69) is 5.32 Å². The quantitative estimate of drug-likeness (QED) is 0.837. The van der Waals surface area contributed by atoms with Crippen LogP contribution < -0.4 is 10.9 Å². The van der Waals surface area contributed by atoms with E-state index in [1.807, 2.05) is 48.7 Å². The van der Waals surface area contributed by atoms with Crippen molar-refractivity contribution in [2.24, 2.45) is 0 Å². The normalized spacial score (nSPS) is 11.0. The van der Waals surface area contributed by atoms with Gasteiger partial charge in [0.05, 0.1) is 5.52 Å². The minimum atomic E-state index is 0.0381. The molecule has 0 aliphatic rings. The number of anilines is 1. The molecule has 0 atom stereocenters. The average Bonchev–Trinajstić information content (AvgIpc) is 2.27. The smallest absolute Gasteiger partial charge is 0.274 e. The molecule has 2 aromatic rings. The van der Waals surface area contributed by atoms with Gasteiger partial charge in [-0.05, 0) is 26.0 Å². The minimum Gasteiger partial charge on any atom is -0.384 e. The monoisotopic (exact) mass is 216 g/mol. The van der Waals surface area contributed by atoms with Crippen LogP contribution in [0.3, 0.4) is 0 Å². The van der Waals surface area contributed by atoms with Crippen LogP contribution in [0.2, 0.25) is 0 Å². The number of hydrogen-bond donors (Lipinski definition) is 1. The molecule has 1 heterocycles. The van der Waals surface area contributed by atoms with Crippen LogP contribution in [0.5, 0.6) is 0 Å². The van der Waals surface area contributed by atoms with Crippen LogP contribution >= 0.6 is 0 Å². The molecule has 1 aromatic carbocycles. The van der Waals surface area contributed by atoms with E-state index in [4.69, 9.17) is 0 Å². The maximum Gasteiger partial charge on any atom is 0.274 e. The molecule has 3 nitrogen and oxygen atoms in total. The number of benzene rings is 1. The molecule has 16 heavy (non-hydrogen) atoms. The standard InChI is InChI=1S/C13H16N2O/c1-9(2)15-12-7-5-4-6-10(12)8-11(14-3)13(15)16/h4-9,14H,1-3H3. The Morgan fingerprint density at radius 2 is 1.94 bits per heavy atom. The van der Waals surface area contributed by atoms with E-state index < -0.39 is 0 Å². The Hall–Kier alpha value is -1.77. The molecule has 0 bridgehead atoms. The van der Waals surface area contributed by atoms with Crippen molar-refractivity contribution in [3.8, 4) is 0 Å². The maximum atomic E-state index is 12.2. The van der Waals surface area contributed by atoms with Gasteiger partial charge >= 0.3 is 0 Å². The van der Waals surface area contributed by atoms with Gasteiger partial charge in [-0.1, -0.05) is 18.2 Å². The van der Waals surface area contributed by atoms with Crippen molar-refractivity contribution in [1.82, 2.24) is 4.57 Å². The second-order valence-electron chi connectivity index (χ2n) is 4.14. The van der Waals surface area contributed by atoms with Gasteiger partial charge in [0.1, 0.15) is 5.69 Å². The molecular formula is C13H16N2O. The fraction of sp³-hybridized carbons (Fsp3) is 0.308. The molecule has 0 aliphatic heterocycles. The average molecular weight is 216 g/mol. The summed E-state index contributed by atoms with van der Waals surface area (Å²) in [5.41, 5.74) is 1.67. The largest absolute Gasteiger partial charge is 0.384 e. The van der Waals surface area contributed by atoms with Crippen LogP contribution in [0.4, 0.5) is 5.69 Å². The Morgan fingerprint density at radius 3 is 2.56 bits per heavy atom. The molecule has 1 N–H and O–H groups in total. The van der Waals surface area contributed by atoms with Gasteiger partial charge < -0.3 is 9.88 Å². The summed E-state index contributed by atoms with van der Waals surface area (Å²) in [5.74, 6) is 0. The molecule has 1 aromatic heterocycles. The third-order valence-electron chi connectivity index (χ3n) is 2.73. The summed E-state index contributed by atoms with van der Waals surface area (Å²) in [4.78, 5) is 12.2. The number of nitrogens with zero attached hydrogens (tertiary/aromatic N) is 1. The lowest BCUT2D eigenvalue weighted by atomic mass is 10.2. The van der Waals surface area contributed by atoms with Gasteiger partial charge in [0.15, 0.2) is 0 Å². The number of pyridine rings is 1. The second kappa shape index (κ2) is 4.00. The first-order chi connectivity index (χ1) is 7.65. The van der Waals surface area contributed by atoms with Crippen molar-refractivity contribution >= 4 is 16.6 Å². The summed E-state index contributed by atoms with van der Waals surface area (Å²) in [6.45, 7) is 4.04. The summed E-state index contributed by atoms with van der Waals surface area (Å²) < 4.78 is 1.82. The summed E-state index contributed by atoms with van der Waals surface area (Å²) in [7, 11) is 1.77. The third kappa shape index (κ3) is 1.58. The second-order valence-corrected chi connectivity index (χ2v) is 4.14. The molecule has 0 amide bonds. The number of fused-ring (bicyclic) bond motifs is 1. The predicted molar refractivity (Wildman–Crippen MR) is 68.1 cm³/mol. The summed E-state index contributed by atoms with van der Waals surface area (Å²) in [6, 6.07) is 10.0. The first-order valence-corrected chi connectivity index (χ1v) is 5.47. The summed E-state index contributed by atoms with van der Waals surface area (Å²) in [5, 5.41) is 4.03. The van der Waals surface area contributed by atoms with Crippen molar-refractivity contribution in [3.05, 3.63) is 40.7 Å². The Balaban J connectivity index is 2.91. The topological polar surface area (TPSA) is 34.0 Å². The van der Waals surface area contributed by atoms with Gasteiger partial charge in [0.25, 0.3) is 5.56 Å². The van der Waals surface area contributed by atoms with Gasteiger partial charge in [-0.3, -0.25) is 4.79 Å². The Kier molecular flexibility index (Phi) is 2.69. The molecule has 84 valence electrons. The van der Waals surface area contributed by atoms with E-state index in [0.717, 1.165) is 10.9 Å². The minimum absolute atomic E-state index is 0.0381. The van der Waals surface area contributed by atoms with E-state index in [1.165, 1.54) is 0 Å². The zero-order chi connectivity index (χ0) is 11.7. The molecule has 0 saturated heterocycles. The zero-order valence-corrected chi connectivity index (χ0v) is 9.82. The highest BCUT2D eigenvalue weighted by Crippen LogP contribution is 2.18. The van der Waals surface area contributed by atoms with Crippen molar-refractivity contribution in [2.45, 2.75) is 19.9 Å². The number of rotatable bonds is 2. The first-order valence-electron chi connectivity index (χ1n) is 5.47. The Morgan fingerprint density at radius 1 is 1.25 bits per heavy atom. The number of nitrogens with one attached hydrogen (secondary N) is 1. The van der Waals surface area contributed by atoms with E-state index in [1.54, 1.807) is 7.05 Å². The molecule has 2 rings (SSSR count). The fourth-order valence-corrected chi connectivity index (χ4v) is 1.98. The SMILES string of the molecule is CNc1cc2ccccc2n(C(C)C)c1=O. The van der Waals surface area contributed by atoms with Crippen LogP contribution in [-0.2, 0) is 0 Å². The molecule has 0 fully saturated rings. The number of para-hydroxylation sites is 1. The first kappa shape index (κ1) is 10.7. The highest BCUT2D eigenvalue weighted by atomic mass is 16.1. The van der Waals surface area contributed by atoms with E-state index in [-0.39, 0.29) is 11.6 Å². The molecule has 3 heteroatoms. The zero-order valence-electron chi connectivity index (χ0n) is 9.82. The molecule has 0 spiro atoms. The summed E-state index contributed by atoms with van der Waals surface area (Å²) >= 11 is 0. The van der Waals surface area contributed by atoms with Crippen molar-refractivity contribution in [2.75, 3.05) is 12.4 Å². The molecule has 0 aliphatic carbocycles. The Bertz CT molecular complexity index is 570. The van der Waals surface area contributed by atoms with E-state index in [0.29, 0.717) is 5.69 Å². The van der Waals surface area contributed by atoms with Crippen LogP contribution in [0.25, 0.3) is 10.9 Å². The highest BCUT2D eigenvalue weighted by Gasteiger charge is 2.09.